The SMILES string of the molecule is CN(CC(=O)Nc1cccc(Cl)c1)CC(O)COCc1cccs1. The molecule has 1 unspecified atom stereocenters. The lowest BCUT2D eigenvalue weighted by atomic mass is 10.3. The molecular formula is C17H21ClN2O3S. The van der Waals surface area contributed by atoms with E-state index in [1.165, 1.54) is 0 Å². The Morgan fingerprint density at radius 3 is 2.96 bits per heavy atom. The number of anilines is 1. The Balaban J connectivity index is 1.65. The van der Waals surface area contributed by atoms with Crippen LogP contribution in [-0.2, 0) is 16.1 Å². The molecule has 1 heterocycles. The van der Waals surface area contributed by atoms with Crippen molar-refractivity contribution in [2.75, 3.05) is 32.1 Å². The normalized spacial score (nSPS) is 12.3. The quantitative estimate of drug-likeness (QED) is 0.714. The van der Waals surface area contributed by atoms with Gasteiger partial charge in [0.1, 0.15) is 0 Å². The van der Waals surface area contributed by atoms with Crippen LogP contribution in [0.2, 0.25) is 5.02 Å². The van der Waals surface area contributed by atoms with E-state index in [9.17, 15) is 9.90 Å². The van der Waals surface area contributed by atoms with Crippen LogP contribution < -0.4 is 5.32 Å². The van der Waals surface area contributed by atoms with Gasteiger partial charge in [0.15, 0.2) is 0 Å². The lowest BCUT2D eigenvalue weighted by Crippen LogP contribution is -2.37. The van der Waals surface area contributed by atoms with Gasteiger partial charge in [-0.2, -0.15) is 0 Å². The zero-order chi connectivity index (χ0) is 17.4. The van der Waals surface area contributed by atoms with E-state index in [0.29, 0.717) is 23.9 Å². The molecule has 130 valence electrons. The van der Waals surface area contributed by atoms with E-state index in [-0.39, 0.29) is 19.1 Å². The largest absolute Gasteiger partial charge is 0.389 e. The zero-order valence-electron chi connectivity index (χ0n) is 13.4. The third-order valence-corrected chi connectivity index (χ3v) is 4.26. The number of carbonyl (C=O) groups excluding carboxylic acids is 1. The second-order valence-electron chi connectivity index (χ2n) is 5.50. The van der Waals surface area contributed by atoms with Crippen molar-refractivity contribution >= 4 is 34.5 Å². The Kier molecular flexibility index (Phi) is 7.68. The molecule has 2 N–H and O–H groups in total. The van der Waals surface area contributed by atoms with Crippen molar-refractivity contribution in [3.63, 3.8) is 0 Å². The Labute approximate surface area is 150 Å². The van der Waals surface area contributed by atoms with E-state index in [1.54, 1.807) is 47.5 Å². The number of nitrogens with zero attached hydrogens (tertiary/aromatic N) is 1. The van der Waals surface area contributed by atoms with Gasteiger partial charge in [-0.1, -0.05) is 23.7 Å². The van der Waals surface area contributed by atoms with E-state index in [1.807, 2.05) is 17.5 Å². The van der Waals surface area contributed by atoms with Crippen LogP contribution in [0.4, 0.5) is 5.69 Å². The van der Waals surface area contributed by atoms with Crippen molar-refractivity contribution < 1.29 is 14.6 Å². The summed E-state index contributed by atoms with van der Waals surface area (Å²) in [7, 11) is 1.78. The van der Waals surface area contributed by atoms with Crippen molar-refractivity contribution in [2.45, 2.75) is 12.7 Å². The number of aliphatic hydroxyl groups excluding tert-OH is 1. The average Bonchev–Trinajstić information content (AvgIpc) is 3.00. The van der Waals surface area contributed by atoms with E-state index >= 15 is 0 Å². The molecule has 0 radical (unpaired) electrons. The van der Waals surface area contributed by atoms with Crippen LogP contribution in [0, 0.1) is 0 Å². The highest BCUT2D eigenvalue weighted by Gasteiger charge is 2.12. The van der Waals surface area contributed by atoms with Crippen LogP contribution in [0.5, 0.6) is 0 Å². The molecule has 0 saturated carbocycles. The Morgan fingerprint density at radius 1 is 1.42 bits per heavy atom. The molecule has 1 aromatic carbocycles. The summed E-state index contributed by atoms with van der Waals surface area (Å²) >= 11 is 7.50. The standard InChI is InChI=1S/C17H21ClN2O3S/c1-20(9-15(21)11-23-12-16-6-3-7-24-16)10-17(22)19-14-5-2-4-13(18)8-14/h2-8,15,21H,9-12H2,1H3,(H,19,22). The second-order valence-corrected chi connectivity index (χ2v) is 6.97. The van der Waals surface area contributed by atoms with Crippen molar-refractivity contribution in [1.29, 1.82) is 0 Å². The fourth-order valence-corrected chi connectivity index (χ4v) is 3.01. The highest BCUT2D eigenvalue weighted by atomic mass is 35.5. The third kappa shape index (κ3) is 6.98. The highest BCUT2D eigenvalue weighted by Crippen LogP contribution is 2.14. The molecular weight excluding hydrogens is 348 g/mol. The van der Waals surface area contributed by atoms with Gasteiger partial charge in [0.2, 0.25) is 5.91 Å². The van der Waals surface area contributed by atoms with E-state index in [0.717, 1.165) is 4.88 Å². The predicted molar refractivity (Wildman–Crippen MR) is 97.6 cm³/mol. The topological polar surface area (TPSA) is 61.8 Å². The van der Waals surface area contributed by atoms with Crippen molar-refractivity contribution in [2.24, 2.45) is 0 Å². The van der Waals surface area contributed by atoms with Crippen LogP contribution in [-0.4, -0.2) is 48.8 Å². The van der Waals surface area contributed by atoms with E-state index in [4.69, 9.17) is 16.3 Å². The van der Waals surface area contributed by atoms with Gasteiger partial charge in [-0.3, -0.25) is 9.69 Å². The number of hydrogen-bond acceptors (Lipinski definition) is 5. The molecule has 1 amide bonds. The summed E-state index contributed by atoms with van der Waals surface area (Å²) in [5, 5.41) is 15.3. The van der Waals surface area contributed by atoms with Gasteiger partial charge in [-0.05, 0) is 36.7 Å². The molecule has 2 aromatic rings. The summed E-state index contributed by atoms with van der Waals surface area (Å²) in [6, 6.07) is 10.9. The van der Waals surface area contributed by atoms with Crippen molar-refractivity contribution in [3.05, 3.63) is 51.7 Å². The molecule has 0 saturated heterocycles. The zero-order valence-corrected chi connectivity index (χ0v) is 15.0. The van der Waals surface area contributed by atoms with E-state index < -0.39 is 6.10 Å². The van der Waals surface area contributed by atoms with Crippen molar-refractivity contribution in [1.82, 2.24) is 4.90 Å². The minimum atomic E-state index is -0.645. The lowest BCUT2D eigenvalue weighted by molar-refractivity contribution is -0.117. The first kappa shape index (κ1) is 18.9. The first-order valence-electron chi connectivity index (χ1n) is 7.55. The number of hydrogen-bond donors (Lipinski definition) is 2. The molecule has 1 aromatic heterocycles. The number of aliphatic hydroxyl groups is 1. The second kappa shape index (κ2) is 9.76. The summed E-state index contributed by atoms with van der Waals surface area (Å²) in [6.07, 6.45) is -0.645. The number of nitrogens with one attached hydrogen (secondary N) is 1. The molecule has 1 atom stereocenters. The fourth-order valence-electron chi connectivity index (χ4n) is 2.18. The molecule has 5 nitrogen and oxygen atoms in total. The summed E-state index contributed by atoms with van der Waals surface area (Å²) in [4.78, 5) is 14.8. The van der Waals surface area contributed by atoms with Crippen LogP contribution in [0.1, 0.15) is 4.88 Å². The Morgan fingerprint density at radius 2 is 2.25 bits per heavy atom. The molecule has 0 spiro atoms. The first-order chi connectivity index (χ1) is 11.5. The number of benzene rings is 1. The Bertz CT molecular complexity index is 637. The monoisotopic (exact) mass is 368 g/mol. The minimum absolute atomic E-state index is 0.161. The van der Waals surface area contributed by atoms with Gasteiger partial charge in [0.25, 0.3) is 0 Å². The number of ether oxygens (including phenoxy) is 1. The molecule has 0 aliphatic heterocycles. The maximum absolute atomic E-state index is 12.0. The molecule has 0 aliphatic carbocycles. The van der Waals surface area contributed by atoms with E-state index in [2.05, 4.69) is 5.32 Å². The van der Waals surface area contributed by atoms with Crippen LogP contribution in [0.15, 0.2) is 41.8 Å². The Hall–Kier alpha value is -1.44. The molecule has 7 heteroatoms. The fraction of sp³-hybridized carbons (Fsp3) is 0.353. The van der Waals surface area contributed by atoms with Gasteiger partial charge < -0.3 is 15.2 Å². The highest BCUT2D eigenvalue weighted by molar-refractivity contribution is 7.09. The predicted octanol–water partition coefficient (Wildman–Crippen LogP) is 2.85. The summed E-state index contributed by atoms with van der Waals surface area (Å²) in [6.45, 7) is 1.26. The number of rotatable bonds is 9. The first-order valence-corrected chi connectivity index (χ1v) is 8.81. The maximum Gasteiger partial charge on any atom is 0.238 e. The maximum atomic E-state index is 12.0. The molecule has 0 bridgehead atoms. The lowest BCUT2D eigenvalue weighted by Gasteiger charge is -2.20. The summed E-state index contributed by atoms with van der Waals surface area (Å²) in [5.74, 6) is -0.161. The number of likely N-dealkylation sites (N-methyl/N-ethyl adjacent to an activating group) is 1. The average molecular weight is 369 g/mol. The van der Waals surface area contributed by atoms with Gasteiger partial charge in [0.05, 0.1) is 25.9 Å². The summed E-state index contributed by atoms with van der Waals surface area (Å²) < 4.78 is 5.47. The van der Waals surface area contributed by atoms with Crippen LogP contribution >= 0.6 is 22.9 Å². The number of carbonyl (C=O) groups is 1. The minimum Gasteiger partial charge on any atom is -0.389 e. The number of halogens is 1. The molecule has 0 aliphatic rings. The third-order valence-electron chi connectivity index (χ3n) is 3.18. The summed E-state index contributed by atoms with van der Waals surface area (Å²) in [5.41, 5.74) is 0.653. The number of thiophene rings is 1. The number of amides is 1. The molecule has 2 rings (SSSR count). The van der Waals surface area contributed by atoms with Crippen LogP contribution in [0.25, 0.3) is 0 Å². The van der Waals surface area contributed by atoms with Gasteiger partial charge in [0, 0.05) is 22.1 Å². The van der Waals surface area contributed by atoms with Gasteiger partial charge in [-0.25, -0.2) is 0 Å². The van der Waals surface area contributed by atoms with Crippen molar-refractivity contribution in [3.8, 4) is 0 Å². The molecule has 24 heavy (non-hydrogen) atoms. The van der Waals surface area contributed by atoms with Crippen LogP contribution in [0.3, 0.4) is 0 Å². The van der Waals surface area contributed by atoms with Gasteiger partial charge in [-0.15, -0.1) is 11.3 Å². The van der Waals surface area contributed by atoms with Gasteiger partial charge >= 0.3 is 0 Å². The smallest absolute Gasteiger partial charge is 0.238 e. The molecule has 0 fully saturated rings.